The monoisotopic (exact) mass is 295 g/mol. The number of benzene rings is 1. The van der Waals surface area contributed by atoms with Crippen molar-refractivity contribution in [2.75, 3.05) is 11.6 Å². The van der Waals surface area contributed by atoms with Gasteiger partial charge in [0.25, 0.3) is 0 Å². The second-order valence-corrected chi connectivity index (χ2v) is 5.67. The maximum absolute atomic E-state index is 11.9. The van der Waals surface area contributed by atoms with Gasteiger partial charge >= 0.3 is 6.09 Å². The van der Waals surface area contributed by atoms with Crippen LogP contribution in [-0.4, -0.2) is 18.5 Å². The molecule has 0 aliphatic carbocycles. The molecule has 1 aromatic rings. The van der Waals surface area contributed by atoms with Crippen LogP contribution in [0.15, 0.2) is 29.2 Å². The first-order valence-electron chi connectivity index (χ1n) is 7.31. The number of carbonyl (C=O) groups is 1. The van der Waals surface area contributed by atoms with Crippen molar-refractivity contribution in [3.05, 3.63) is 24.3 Å². The summed E-state index contributed by atoms with van der Waals surface area (Å²) in [6.45, 7) is 4.23. The van der Waals surface area contributed by atoms with Gasteiger partial charge in [0.05, 0.1) is 0 Å². The van der Waals surface area contributed by atoms with E-state index in [4.69, 9.17) is 4.74 Å². The smallest absolute Gasteiger partial charge is 0.411 e. The standard InChI is InChI=1S/C16H25NO2S/c1-4-6-7-10-14(5-2)19-16(18)17-13-9-8-11-15(12-13)20-3/h8-9,11-12,14H,4-7,10H2,1-3H3,(H,17,18). The van der Waals surface area contributed by atoms with Gasteiger partial charge in [-0.1, -0.05) is 32.8 Å². The lowest BCUT2D eigenvalue weighted by molar-refractivity contribution is 0.101. The molecule has 1 atom stereocenters. The zero-order valence-electron chi connectivity index (χ0n) is 12.6. The van der Waals surface area contributed by atoms with Gasteiger partial charge in [0.1, 0.15) is 6.10 Å². The lowest BCUT2D eigenvalue weighted by Crippen LogP contribution is -2.22. The fraction of sp³-hybridized carbons (Fsp3) is 0.562. The molecule has 1 aromatic carbocycles. The Morgan fingerprint density at radius 3 is 2.80 bits per heavy atom. The minimum absolute atomic E-state index is 0.0188. The Hall–Kier alpha value is -1.16. The number of carbonyl (C=O) groups excluding carboxylic acids is 1. The number of hydrogen-bond donors (Lipinski definition) is 1. The number of amides is 1. The maximum Gasteiger partial charge on any atom is 0.411 e. The van der Waals surface area contributed by atoms with Gasteiger partial charge < -0.3 is 4.74 Å². The van der Waals surface area contributed by atoms with E-state index in [0.717, 1.165) is 29.8 Å². The molecule has 0 saturated carbocycles. The highest BCUT2D eigenvalue weighted by Gasteiger charge is 2.12. The van der Waals surface area contributed by atoms with Crippen LogP contribution in [0.1, 0.15) is 46.0 Å². The van der Waals surface area contributed by atoms with Crippen molar-refractivity contribution in [1.82, 2.24) is 0 Å². The molecule has 0 fully saturated rings. The molecule has 1 N–H and O–H groups in total. The fourth-order valence-corrected chi connectivity index (χ4v) is 2.43. The molecule has 0 aliphatic heterocycles. The van der Waals surface area contributed by atoms with Crippen molar-refractivity contribution in [2.45, 2.75) is 57.0 Å². The molecule has 20 heavy (non-hydrogen) atoms. The van der Waals surface area contributed by atoms with Gasteiger partial charge in [0.2, 0.25) is 0 Å². The number of hydrogen-bond acceptors (Lipinski definition) is 3. The van der Waals surface area contributed by atoms with Crippen molar-refractivity contribution in [3.63, 3.8) is 0 Å². The molecular weight excluding hydrogens is 270 g/mol. The van der Waals surface area contributed by atoms with Crippen LogP contribution in [0.25, 0.3) is 0 Å². The van der Waals surface area contributed by atoms with Crippen molar-refractivity contribution >= 4 is 23.5 Å². The van der Waals surface area contributed by atoms with E-state index in [-0.39, 0.29) is 12.2 Å². The number of nitrogens with one attached hydrogen (secondary N) is 1. The molecule has 1 rings (SSSR count). The Labute approximate surface area is 126 Å². The van der Waals surface area contributed by atoms with Crippen LogP contribution in [0.2, 0.25) is 0 Å². The predicted molar refractivity (Wildman–Crippen MR) is 86.5 cm³/mol. The maximum atomic E-state index is 11.9. The quantitative estimate of drug-likeness (QED) is 0.521. The molecule has 4 heteroatoms. The van der Waals surface area contributed by atoms with Crippen LogP contribution in [0, 0.1) is 0 Å². The number of anilines is 1. The summed E-state index contributed by atoms with van der Waals surface area (Å²) in [5.41, 5.74) is 0.783. The summed E-state index contributed by atoms with van der Waals surface area (Å²) < 4.78 is 5.47. The molecule has 1 unspecified atom stereocenters. The van der Waals surface area contributed by atoms with Crippen molar-refractivity contribution < 1.29 is 9.53 Å². The first kappa shape index (κ1) is 16.9. The summed E-state index contributed by atoms with van der Waals surface area (Å²) in [5.74, 6) is 0. The minimum atomic E-state index is -0.355. The summed E-state index contributed by atoms with van der Waals surface area (Å²) in [6.07, 6.45) is 6.98. The van der Waals surface area contributed by atoms with E-state index in [9.17, 15) is 4.79 Å². The molecule has 0 saturated heterocycles. The van der Waals surface area contributed by atoms with Crippen LogP contribution >= 0.6 is 11.8 Å². The minimum Gasteiger partial charge on any atom is -0.446 e. The van der Waals surface area contributed by atoms with E-state index < -0.39 is 0 Å². The molecule has 112 valence electrons. The average Bonchev–Trinajstić information content (AvgIpc) is 2.46. The van der Waals surface area contributed by atoms with Gasteiger partial charge in [-0.05, 0) is 43.7 Å². The number of thioether (sulfide) groups is 1. The molecule has 3 nitrogen and oxygen atoms in total. The highest BCUT2D eigenvalue weighted by atomic mass is 32.2. The summed E-state index contributed by atoms with van der Waals surface area (Å²) in [5, 5.41) is 2.80. The van der Waals surface area contributed by atoms with E-state index in [1.807, 2.05) is 30.5 Å². The fourth-order valence-electron chi connectivity index (χ4n) is 1.97. The number of ether oxygens (including phenoxy) is 1. The second-order valence-electron chi connectivity index (χ2n) is 4.79. The summed E-state index contributed by atoms with van der Waals surface area (Å²) in [6, 6.07) is 7.77. The lowest BCUT2D eigenvalue weighted by Gasteiger charge is -2.16. The molecular formula is C16H25NO2S. The Bertz CT molecular complexity index is 409. The van der Waals surface area contributed by atoms with Gasteiger partial charge in [-0.15, -0.1) is 11.8 Å². The Morgan fingerprint density at radius 2 is 2.15 bits per heavy atom. The van der Waals surface area contributed by atoms with E-state index in [2.05, 4.69) is 19.2 Å². The third kappa shape index (κ3) is 6.33. The van der Waals surface area contributed by atoms with Gasteiger partial charge in [-0.2, -0.15) is 0 Å². The topological polar surface area (TPSA) is 38.3 Å². The van der Waals surface area contributed by atoms with E-state index >= 15 is 0 Å². The normalized spacial score (nSPS) is 11.9. The Kier molecular flexibility index (Phi) is 8.19. The summed E-state index contributed by atoms with van der Waals surface area (Å²) in [7, 11) is 0. The van der Waals surface area contributed by atoms with Gasteiger partial charge in [-0.3, -0.25) is 5.32 Å². The molecule has 0 aromatic heterocycles. The third-order valence-corrected chi connectivity index (χ3v) is 3.90. The number of rotatable bonds is 8. The molecule has 0 bridgehead atoms. The summed E-state index contributed by atoms with van der Waals surface area (Å²) in [4.78, 5) is 13.0. The SMILES string of the molecule is CCCCCC(CC)OC(=O)Nc1cccc(SC)c1. The van der Waals surface area contributed by atoms with Crippen LogP contribution in [0.3, 0.4) is 0 Å². The first-order valence-corrected chi connectivity index (χ1v) is 8.53. The van der Waals surface area contributed by atoms with Crippen LogP contribution in [-0.2, 0) is 4.74 Å². The van der Waals surface area contributed by atoms with Crippen LogP contribution in [0.4, 0.5) is 10.5 Å². The predicted octanol–water partition coefficient (Wildman–Crippen LogP) is 5.32. The lowest BCUT2D eigenvalue weighted by atomic mass is 10.1. The Balaban J connectivity index is 2.44. The van der Waals surface area contributed by atoms with E-state index in [0.29, 0.717) is 0 Å². The molecule has 0 radical (unpaired) electrons. The van der Waals surface area contributed by atoms with Crippen molar-refractivity contribution in [2.24, 2.45) is 0 Å². The highest BCUT2D eigenvalue weighted by molar-refractivity contribution is 7.98. The largest absolute Gasteiger partial charge is 0.446 e. The van der Waals surface area contributed by atoms with E-state index in [1.165, 1.54) is 12.8 Å². The second kappa shape index (κ2) is 9.70. The zero-order valence-corrected chi connectivity index (χ0v) is 13.5. The van der Waals surface area contributed by atoms with Gasteiger partial charge in [0.15, 0.2) is 0 Å². The molecule has 1 amide bonds. The molecule has 0 spiro atoms. The van der Waals surface area contributed by atoms with Crippen LogP contribution in [0.5, 0.6) is 0 Å². The van der Waals surface area contributed by atoms with E-state index in [1.54, 1.807) is 11.8 Å². The first-order chi connectivity index (χ1) is 9.69. The zero-order chi connectivity index (χ0) is 14.8. The average molecular weight is 295 g/mol. The molecule has 0 heterocycles. The van der Waals surface area contributed by atoms with Crippen LogP contribution < -0.4 is 5.32 Å². The molecule has 0 aliphatic rings. The summed E-state index contributed by atoms with van der Waals surface area (Å²) >= 11 is 1.65. The van der Waals surface area contributed by atoms with Gasteiger partial charge in [-0.25, -0.2) is 4.79 Å². The van der Waals surface area contributed by atoms with Gasteiger partial charge in [0, 0.05) is 10.6 Å². The highest BCUT2D eigenvalue weighted by Crippen LogP contribution is 2.19. The Morgan fingerprint density at radius 1 is 1.35 bits per heavy atom. The van der Waals surface area contributed by atoms with Crippen molar-refractivity contribution in [3.8, 4) is 0 Å². The number of unbranched alkanes of at least 4 members (excludes halogenated alkanes) is 2. The third-order valence-electron chi connectivity index (χ3n) is 3.17. The van der Waals surface area contributed by atoms with Crippen molar-refractivity contribution in [1.29, 1.82) is 0 Å².